The first kappa shape index (κ1) is 11.2. The average Bonchev–Trinajstić information content (AvgIpc) is 2.92. The van der Waals surface area contributed by atoms with Crippen LogP contribution in [0.2, 0.25) is 0 Å². The number of aliphatic hydroxyl groups is 1. The molecule has 14 heavy (non-hydrogen) atoms. The highest BCUT2D eigenvalue weighted by Crippen LogP contribution is 2.25. The minimum atomic E-state index is -0.303. The number of hydrogen-bond acceptors (Lipinski definition) is 4. The Hall–Kier alpha value is -0.870. The normalized spacial score (nSPS) is 25.3. The van der Waals surface area contributed by atoms with E-state index < -0.39 is 0 Å². The average molecular weight is 200 g/mol. The molecule has 0 aliphatic carbocycles. The van der Waals surface area contributed by atoms with Crippen LogP contribution in [0.3, 0.4) is 0 Å². The summed E-state index contributed by atoms with van der Waals surface area (Å²) in [5, 5.41) is 8.67. The van der Waals surface area contributed by atoms with E-state index in [2.05, 4.69) is 0 Å². The maximum absolute atomic E-state index is 10.8. The first-order chi connectivity index (χ1) is 6.77. The van der Waals surface area contributed by atoms with Crippen molar-refractivity contribution >= 4 is 5.97 Å². The second kappa shape index (κ2) is 5.78. The van der Waals surface area contributed by atoms with Gasteiger partial charge in [-0.2, -0.15) is 0 Å². The van der Waals surface area contributed by atoms with Gasteiger partial charge in [-0.25, -0.2) is 4.79 Å². The minimum Gasteiger partial charge on any atom is -0.463 e. The van der Waals surface area contributed by atoms with Crippen LogP contribution in [0, 0.1) is 0 Å². The van der Waals surface area contributed by atoms with Crippen LogP contribution >= 0.6 is 0 Å². The number of rotatable bonds is 6. The molecule has 1 heterocycles. The van der Waals surface area contributed by atoms with Crippen molar-refractivity contribution in [3.63, 3.8) is 0 Å². The predicted molar refractivity (Wildman–Crippen MR) is 50.8 cm³/mol. The van der Waals surface area contributed by atoms with Crippen LogP contribution in [0.15, 0.2) is 12.2 Å². The molecule has 4 heteroatoms. The maximum atomic E-state index is 10.8. The third-order valence-electron chi connectivity index (χ3n) is 2.03. The van der Waals surface area contributed by atoms with Crippen molar-refractivity contribution in [1.29, 1.82) is 0 Å². The molecular formula is C10H16O4. The fraction of sp³-hybridized carbons (Fsp3) is 0.700. The summed E-state index contributed by atoms with van der Waals surface area (Å²) in [4.78, 5) is 10.8. The smallest absolute Gasteiger partial charge is 0.330 e. The van der Waals surface area contributed by atoms with Gasteiger partial charge in [0.25, 0.3) is 0 Å². The molecule has 80 valence electrons. The number of ether oxygens (including phenoxy) is 2. The van der Waals surface area contributed by atoms with E-state index >= 15 is 0 Å². The summed E-state index contributed by atoms with van der Waals surface area (Å²) in [5.41, 5.74) is 0. The molecule has 4 nitrogen and oxygen atoms in total. The van der Waals surface area contributed by atoms with Crippen LogP contribution in [0.25, 0.3) is 0 Å². The van der Waals surface area contributed by atoms with E-state index in [1.54, 1.807) is 13.0 Å². The number of hydrogen-bond donors (Lipinski definition) is 1. The number of aliphatic hydroxyl groups excluding tert-OH is 1. The summed E-state index contributed by atoms with van der Waals surface area (Å²) >= 11 is 0. The van der Waals surface area contributed by atoms with Gasteiger partial charge in [0.15, 0.2) is 0 Å². The Morgan fingerprint density at radius 2 is 2.36 bits per heavy atom. The van der Waals surface area contributed by atoms with E-state index in [9.17, 15) is 4.79 Å². The lowest BCUT2D eigenvalue weighted by Gasteiger charge is -1.94. The molecule has 0 radical (unpaired) electrons. The number of esters is 1. The fourth-order valence-electron chi connectivity index (χ4n) is 1.22. The van der Waals surface area contributed by atoms with Crippen LogP contribution in [0.1, 0.15) is 19.8 Å². The SMILES string of the molecule is CCOC(=O)/C=C/CC[C@H]1O[C@@H]1CO. The van der Waals surface area contributed by atoms with Crippen LogP contribution in [-0.4, -0.2) is 36.5 Å². The topological polar surface area (TPSA) is 59.1 Å². The van der Waals surface area contributed by atoms with E-state index in [0.29, 0.717) is 6.61 Å². The Morgan fingerprint density at radius 1 is 1.57 bits per heavy atom. The van der Waals surface area contributed by atoms with Crippen molar-refractivity contribution in [2.24, 2.45) is 0 Å². The van der Waals surface area contributed by atoms with Crippen LogP contribution in [0.4, 0.5) is 0 Å². The molecule has 0 aromatic heterocycles. The largest absolute Gasteiger partial charge is 0.463 e. The Kier molecular flexibility index (Phi) is 4.62. The van der Waals surface area contributed by atoms with Crippen molar-refractivity contribution in [3.8, 4) is 0 Å². The van der Waals surface area contributed by atoms with E-state index in [4.69, 9.17) is 14.6 Å². The van der Waals surface area contributed by atoms with Gasteiger partial charge in [-0.05, 0) is 19.8 Å². The molecular weight excluding hydrogens is 184 g/mol. The lowest BCUT2D eigenvalue weighted by atomic mass is 10.2. The molecule has 0 saturated carbocycles. The Balaban J connectivity index is 2.01. The first-order valence-corrected chi connectivity index (χ1v) is 4.87. The van der Waals surface area contributed by atoms with Crippen molar-refractivity contribution in [2.45, 2.75) is 32.0 Å². The zero-order valence-electron chi connectivity index (χ0n) is 8.31. The zero-order valence-corrected chi connectivity index (χ0v) is 8.31. The molecule has 0 aromatic rings. The highest BCUT2D eigenvalue weighted by atomic mass is 16.6. The highest BCUT2D eigenvalue weighted by molar-refractivity contribution is 5.81. The molecule has 1 saturated heterocycles. The van der Waals surface area contributed by atoms with E-state index in [-0.39, 0.29) is 24.8 Å². The van der Waals surface area contributed by atoms with Crippen molar-refractivity contribution in [1.82, 2.24) is 0 Å². The quantitative estimate of drug-likeness (QED) is 0.388. The molecule has 1 rings (SSSR count). The van der Waals surface area contributed by atoms with Crippen molar-refractivity contribution < 1.29 is 19.4 Å². The van der Waals surface area contributed by atoms with E-state index in [1.165, 1.54) is 6.08 Å². The zero-order chi connectivity index (χ0) is 10.4. The number of carbonyl (C=O) groups excluding carboxylic acids is 1. The lowest BCUT2D eigenvalue weighted by Crippen LogP contribution is -2.00. The van der Waals surface area contributed by atoms with Gasteiger partial charge in [0.1, 0.15) is 6.10 Å². The molecule has 0 aromatic carbocycles. The second-order valence-corrected chi connectivity index (χ2v) is 3.13. The second-order valence-electron chi connectivity index (χ2n) is 3.13. The molecule has 0 spiro atoms. The number of epoxide rings is 1. The summed E-state index contributed by atoms with van der Waals surface area (Å²) < 4.78 is 9.83. The minimum absolute atomic E-state index is 0.0194. The van der Waals surface area contributed by atoms with Gasteiger partial charge < -0.3 is 14.6 Å². The predicted octanol–water partition coefficient (Wildman–Crippen LogP) is 0.646. The summed E-state index contributed by atoms with van der Waals surface area (Å²) in [6.45, 7) is 2.27. The molecule has 2 atom stereocenters. The van der Waals surface area contributed by atoms with Crippen LogP contribution in [0.5, 0.6) is 0 Å². The first-order valence-electron chi connectivity index (χ1n) is 4.87. The molecule has 1 fully saturated rings. The fourth-order valence-corrected chi connectivity index (χ4v) is 1.22. The Bertz CT molecular complexity index is 212. The Labute approximate surface area is 83.5 Å². The molecule has 0 amide bonds. The van der Waals surface area contributed by atoms with Crippen LogP contribution < -0.4 is 0 Å². The van der Waals surface area contributed by atoms with Gasteiger partial charge in [-0.1, -0.05) is 6.08 Å². The molecule has 0 unspecified atom stereocenters. The third kappa shape index (κ3) is 3.89. The summed E-state index contributed by atoms with van der Waals surface area (Å²) in [5.74, 6) is -0.303. The molecule has 1 N–H and O–H groups in total. The van der Waals surface area contributed by atoms with Crippen molar-refractivity contribution in [3.05, 3.63) is 12.2 Å². The summed E-state index contributed by atoms with van der Waals surface area (Å²) in [6, 6.07) is 0. The lowest BCUT2D eigenvalue weighted by molar-refractivity contribution is -0.137. The van der Waals surface area contributed by atoms with Gasteiger partial charge in [-0.3, -0.25) is 0 Å². The third-order valence-corrected chi connectivity index (χ3v) is 2.03. The Morgan fingerprint density at radius 3 is 2.93 bits per heavy atom. The number of carbonyl (C=O) groups is 1. The summed E-state index contributed by atoms with van der Waals surface area (Å²) in [6.07, 6.45) is 5.02. The highest BCUT2D eigenvalue weighted by Gasteiger charge is 2.36. The maximum Gasteiger partial charge on any atom is 0.330 e. The monoisotopic (exact) mass is 200 g/mol. The molecule has 0 bridgehead atoms. The van der Waals surface area contributed by atoms with Crippen LogP contribution in [-0.2, 0) is 14.3 Å². The molecule has 1 aliphatic heterocycles. The molecule has 1 aliphatic rings. The number of allylic oxidation sites excluding steroid dienone is 1. The van der Waals surface area contributed by atoms with Gasteiger partial charge in [0.2, 0.25) is 0 Å². The van der Waals surface area contributed by atoms with E-state index in [0.717, 1.165) is 12.8 Å². The van der Waals surface area contributed by atoms with E-state index in [1.807, 2.05) is 0 Å². The summed E-state index contributed by atoms with van der Waals surface area (Å²) in [7, 11) is 0. The van der Waals surface area contributed by atoms with Gasteiger partial charge in [0, 0.05) is 6.08 Å². The van der Waals surface area contributed by atoms with Gasteiger partial charge >= 0.3 is 5.97 Å². The standard InChI is InChI=1S/C10H16O4/c1-2-13-10(12)6-4-3-5-8-9(7-11)14-8/h4,6,8-9,11H,2-3,5,7H2,1H3/b6-4+/t8-,9-/m1/s1. The van der Waals surface area contributed by atoms with Gasteiger partial charge in [0.05, 0.1) is 19.3 Å². The van der Waals surface area contributed by atoms with Crippen molar-refractivity contribution in [2.75, 3.05) is 13.2 Å². The van der Waals surface area contributed by atoms with Gasteiger partial charge in [-0.15, -0.1) is 0 Å².